The fourth-order valence-corrected chi connectivity index (χ4v) is 3.46. The summed E-state index contributed by atoms with van der Waals surface area (Å²) in [5, 5.41) is 14.6. The van der Waals surface area contributed by atoms with Gasteiger partial charge in [0.25, 0.3) is 11.7 Å². The number of unbranched alkanes of at least 4 members (excludes halogenated alkanes) is 1. The predicted octanol–water partition coefficient (Wildman–Crippen LogP) is 1.16. The van der Waals surface area contributed by atoms with E-state index in [-0.39, 0.29) is 17.9 Å². The minimum absolute atomic E-state index is 0.0353. The summed E-state index contributed by atoms with van der Waals surface area (Å²) in [4.78, 5) is 25.3. The van der Waals surface area contributed by atoms with E-state index in [0.717, 1.165) is 25.1 Å². The molecule has 3 rings (SSSR count). The number of likely N-dealkylation sites (tertiary alicyclic amines) is 1. The minimum atomic E-state index is -0.540. The maximum atomic E-state index is 13.0. The zero-order valence-corrected chi connectivity index (χ0v) is 16.0. The van der Waals surface area contributed by atoms with Crippen LogP contribution < -0.4 is 0 Å². The van der Waals surface area contributed by atoms with E-state index in [1.165, 1.54) is 6.33 Å². The number of hydrogen-bond acceptors (Lipinski definition) is 6. The van der Waals surface area contributed by atoms with Crippen LogP contribution in [0.3, 0.4) is 0 Å². The number of fused-ring (bicyclic) bond motifs is 1. The van der Waals surface area contributed by atoms with Crippen molar-refractivity contribution < 1.29 is 9.90 Å². The number of aliphatic hydroxyl groups is 1. The SMILES string of the molecule is CCCCN(C)[C@@H]1CN(C(=O)c2cc(C(C)C)n3ncnc3n2)C[C@H]1O. The first kappa shape index (κ1) is 18.7. The van der Waals surface area contributed by atoms with Gasteiger partial charge in [-0.15, -0.1) is 0 Å². The lowest BCUT2D eigenvalue weighted by molar-refractivity contribution is 0.0757. The highest BCUT2D eigenvalue weighted by Crippen LogP contribution is 2.20. The Labute approximate surface area is 153 Å². The number of carbonyl (C=O) groups is 1. The molecule has 1 N–H and O–H groups in total. The van der Waals surface area contributed by atoms with Crippen LogP contribution in [0.5, 0.6) is 0 Å². The fraction of sp³-hybridized carbons (Fsp3) is 0.667. The molecule has 8 heteroatoms. The Bertz CT molecular complexity index is 774. The zero-order valence-electron chi connectivity index (χ0n) is 16.0. The van der Waals surface area contributed by atoms with E-state index in [1.807, 2.05) is 20.9 Å². The average Bonchev–Trinajstić information content (AvgIpc) is 3.24. The Morgan fingerprint density at radius 1 is 1.42 bits per heavy atom. The van der Waals surface area contributed by atoms with Gasteiger partial charge >= 0.3 is 0 Å². The molecule has 0 unspecified atom stereocenters. The molecular weight excluding hydrogens is 332 g/mol. The molecular formula is C18H28N6O2. The summed E-state index contributed by atoms with van der Waals surface area (Å²) in [6.07, 6.45) is 3.09. The molecule has 0 aromatic carbocycles. The van der Waals surface area contributed by atoms with Gasteiger partial charge in [-0.25, -0.2) is 9.50 Å². The number of amides is 1. The van der Waals surface area contributed by atoms with E-state index in [0.29, 0.717) is 24.6 Å². The van der Waals surface area contributed by atoms with Gasteiger partial charge in [0, 0.05) is 13.1 Å². The van der Waals surface area contributed by atoms with Crippen molar-refractivity contribution in [2.45, 2.75) is 51.7 Å². The van der Waals surface area contributed by atoms with E-state index in [2.05, 4.69) is 26.9 Å². The van der Waals surface area contributed by atoms with Crippen molar-refractivity contribution in [2.75, 3.05) is 26.7 Å². The Morgan fingerprint density at radius 2 is 2.19 bits per heavy atom. The number of likely N-dealkylation sites (N-methyl/N-ethyl adjacent to an activating group) is 1. The van der Waals surface area contributed by atoms with Gasteiger partial charge in [0.2, 0.25) is 0 Å². The highest BCUT2D eigenvalue weighted by Gasteiger charge is 2.37. The highest BCUT2D eigenvalue weighted by atomic mass is 16.3. The molecule has 1 aliphatic rings. The number of aliphatic hydroxyl groups excluding tert-OH is 1. The van der Waals surface area contributed by atoms with Gasteiger partial charge in [-0.1, -0.05) is 27.2 Å². The van der Waals surface area contributed by atoms with Gasteiger partial charge in [0.1, 0.15) is 12.0 Å². The summed E-state index contributed by atoms with van der Waals surface area (Å²) in [5.74, 6) is 0.449. The quantitative estimate of drug-likeness (QED) is 0.832. The molecule has 1 aliphatic heterocycles. The van der Waals surface area contributed by atoms with Crippen LogP contribution >= 0.6 is 0 Å². The topological polar surface area (TPSA) is 86.9 Å². The molecule has 2 aromatic rings. The van der Waals surface area contributed by atoms with Crippen LogP contribution in [0.1, 0.15) is 55.7 Å². The molecule has 26 heavy (non-hydrogen) atoms. The maximum absolute atomic E-state index is 13.0. The first-order valence-corrected chi connectivity index (χ1v) is 9.30. The lowest BCUT2D eigenvalue weighted by Crippen LogP contribution is -2.41. The van der Waals surface area contributed by atoms with Crippen molar-refractivity contribution in [3.63, 3.8) is 0 Å². The first-order chi connectivity index (χ1) is 12.4. The van der Waals surface area contributed by atoms with Crippen molar-refractivity contribution in [1.82, 2.24) is 29.4 Å². The van der Waals surface area contributed by atoms with E-state index in [4.69, 9.17) is 0 Å². The molecule has 0 bridgehead atoms. The van der Waals surface area contributed by atoms with Crippen molar-refractivity contribution in [3.8, 4) is 0 Å². The second-order valence-corrected chi connectivity index (χ2v) is 7.37. The minimum Gasteiger partial charge on any atom is -0.390 e. The Morgan fingerprint density at radius 3 is 2.88 bits per heavy atom. The molecule has 3 heterocycles. The standard InChI is InChI=1S/C18H28N6O2/c1-5-6-7-22(4)15-9-23(10-16(15)25)17(26)13-8-14(12(2)3)24-18(21-13)19-11-20-24/h8,11-12,15-16,25H,5-7,9-10H2,1-4H3/t15-,16-/m1/s1. The third-order valence-electron chi connectivity index (χ3n) is 5.07. The molecule has 0 spiro atoms. The molecule has 0 aliphatic carbocycles. The summed E-state index contributed by atoms with van der Waals surface area (Å²) < 4.78 is 1.67. The Balaban J connectivity index is 1.80. The highest BCUT2D eigenvalue weighted by molar-refractivity contribution is 5.93. The van der Waals surface area contributed by atoms with Crippen molar-refractivity contribution in [3.05, 3.63) is 23.8 Å². The van der Waals surface area contributed by atoms with Crippen LogP contribution in [-0.2, 0) is 0 Å². The number of carbonyl (C=O) groups excluding carboxylic acids is 1. The number of nitrogens with zero attached hydrogens (tertiary/aromatic N) is 6. The van der Waals surface area contributed by atoms with Gasteiger partial charge < -0.3 is 10.0 Å². The normalized spacial score (nSPS) is 20.7. The summed E-state index contributed by atoms with van der Waals surface area (Å²) >= 11 is 0. The van der Waals surface area contributed by atoms with Gasteiger partial charge in [0.05, 0.1) is 17.8 Å². The molecule has 2 atom stereocenters. The third kappa shape index (κ3) is 3.57. The van der Waals surface area contributed by atoms with Gasteiger partial charge in [-0.05, 0) is 32.0 Å². The summed E-state index contributed by atoms with van der Waals surface area (Å²) in [6, 6.07) is 1.75. The third-order valence-corrected chi connectivity index (χ3v) is 5.07. The first-order valence-electron chi connectivity index (χ1n) is 9.30. The van der Waals surface area contributed by atoms with Crippen molar-refractivity contribution >= 4 is 11.7 Å². The number of rotatable bonds is 6. The zero-order chi connectivity index (χ0) is 18.8. The van der Waals surface area contributed by atoms with Gasteiger partial charge in [-0.3, -0.25) is 9.69 Å². The number of aromatic nitrogens is 4. The van der Waals surface area contributed by atoms with Crippen LogP contribution in [0.15, 0.2) is 12.4 Å². The fourth-order valence-electron chi connectivity index (χ4n) is 3.46. The molecule has 0 saturated carbocycles. The van der Waals surface area contributed by atoms with Crippen LogP contribution in [0, 0.1) is 0 Å². The van der Waals surface area contributed by atoms with E-state index in [1.54, 1.807) is 15.5 Å². The lowest BCUT2D eigenvalue weighted by Gasteiger charge is -2.26. The smallest absolute Gasteiger partial charge is 0.272 e. The molecule has 2 aromatic heterocycles. The average molecular weight is 360 g/mol. The second kappa shape index (κ2) is 7.67. The van der Waals surface area contributed by atoms with Crippen LogP contribution in [0.2, 0.25) is 0 Å². The largest absolute Gasteiger partial charge is 0.390 e. The molecule has 1 fully saturated rings. The molecule has 1 saturated heterocycles. The maximum Gasteiger partial charge on any atom is 0.272 e. The monoisotopic (exact) mass is 360 g/mol. The van der Waals surface area contributed by atoms with E-state index < -0.39 is 6.10 Å². The second-order valence-electron chi connectivity index (χ2n) is 7.37. The lowest BCUT2D eigenvalue weighted by atomic mass is 10.1. The van der Waals surface area contributed by atoms with Crippen LogP contribution in [0.25, 0.3) is 5.78 Å². The van der Waals surface area contributed by atoms with Crippen LogP contribution in [0.4, 0.5) is 0 Å². The van der Waals surface area contributed by atoms with Gasteiger partial charge in [-0.2, -0.15) is 10.1 Å². The number of β-amino-alcohol motifs (C(OH)–C–C–N with tert-alkyl or cyclic N) is 1. The van der Waals surface area contributed by atoms with Crippen molar-refractivity contribution in [1.29, 1.82) is 0 Å². The Kier molecular flexibility index (Phi) is 5.52. The predicted molar refractivity (Wildman–Crippen MR) is 98.1 cm³/mol. The summed E-state index contributed by atoms with van der Waals surface area (Å²) in [5.41, 5.74) is 1.26. The van der Waals surface area contributed by atoms with E-state index in [9.17, 15) is 9.90 Å². The van der Waals surface area contributed by atoms with Gasteiger partial charge in [0.15, 0.2) is 0 Å². The molecule has 1 amide bonds. The molecule has 142 valence electrons. The Hall–Kier alpha value is -2.06. The molecule has 8 nitrogen and oxygen atoms in total. The summed E-state index contributed by atoms with van der Waals surface area (Å²) in [6.45, 7) is 7.99. The molecule has 0 radical (unpaired) electrons. The van der Waals surface area contributed by atoms with Crippen LogP contribution in [-0.4, -0.2) is 79.2 Å². The van der Waals surface area contributed by atoms with E-state index >= 15 is 0 Å². The number of hydrogen-bond donors (Lipinski definition) is 1. The van der Waals surface area contributed by atoms with Crippen molar-refractivity contribution in [2.24, 2.45) is 0 Å². The summed E-state index contributed by atoms with van der Waals surface area (Å²) in [7, 11) is 2.01.